The van der Waals surface area contributed by atoms with Crippen LogP contribution in [0.1, 0.15) is 27.9 Å². The highest BCUT2D eigenvalue weighted by molar-refractivity contribution is 5.98. The molecule has 0 aliphatic carbocycles. The average Bonchev–Trinajstić information content (AvgIpc) is 3.45. The van der Waals surface area contributed by atoms with Gasteiger partial charge in [-0.1, -0.05) is 28.4 Å². The van der Waals surface area contributed by atoms with Crippen molar-refractivity contribution in [2.45, 2.75) is 26.3 Å². The highest BCUT2D eigenvalue weighted by atomic mass is 16.5. The number of hydrogen-bond acceptors (Lipinski definition) is 6. The molecule has 0 N–H and O–H groups in total. The van der Waals surface area contributed by atoms with Crippen molar-refractivity contribution in [3.05, 3.63) is 65.5 Å². The maximum absolute atomic E-state index is 13.6. The largest absolute Gasteiger partial charge is 0.354 e. The summed E-state index contributed by atoms with van der Waals surface area (Å²) in [6, 6.07) is 12.2. The molecule has 2 saturated heterocycles. The molecule has 6 rings (SSSR count). The normalized spacial score (nSPS) is 20.3. The van der Waals surface area contributed by atoms with Gasteiger partial charge in [0.2, 0.25) is 0 Å². The van der Waals surface area contributed by atoms with E-state index in [0.717, 1.165) is 41.9 Å². The smallest absolute Gasteiger partial charge is 0.256 e. The number of carbonyl (C=O) groups excluding carboxylic acids is 1. The lowest BCUT2D eigenvalue weighted by Gasteiger charge is -2.53. The summed E-state index contributed by atoms with van der Waals surface area (Å²) < 4.78 is 5.57. The Kier molecular flexibility index (Phi) is 4.28. The topological polar surface area (TPSA) is 80.3 Å². The molecule has 2 atom stereocenters. The van der Waals surface area contributed by atoms with Crippen molar-refractivity contribution in [1.82, 2.24) is 25.1 Å². The Morgan fingerprint density at radius 3 is 2.66 bits per heavy atom. The number of aryl methyl sites for hydroxylation is 2. The summed E-state index contributed by atoms with van der Waals surface area (Å²) in [5.74, 6) is 1.48. The molecule has 2 fully saturated rings. The van der Waals surface area contributed by atoms with Gasteiger partial charge < -0.3 is 14.3 Å². The molecular formula is C24H24N6O2. The first-order valence-electron chi connectivity index (χ1n) is 11.0. The van der Waals surface area contributed by atoms with Gasteiger partial charge >= 0.3 is 0 Å². The monoisotopic (exact) mass is 428 g/mol. The molecule has 8 nitrogen and oxygen atoms in total. The number of hydrogen-bond donors (Lipinski definition) is 0. The number of carbonyl (C=O) groups is 1. The number of rotatable bonds is 3. The molecule has 4 heterocycles. The molecule has 1 unspecified atom stereocenters. The summed E-state index contributed by atoms with van der Waals surface area (Å²) in [7, 11) is 0. The first kappa shape index (κ1) is 19.0. The summed E-state index contributed by atoms with van der Waals surface area (Å²) in [4.78, 5) is 19.4. The number of nitrogens with zero attached hydrogens (tertiary/aromatic N) is 6. The minimum Gasteiger partial charge on any atom is -0.354 e. The number of likely N-dealkylation sites (tertiary alicyclic amines) is 1. The summed E-state index contributed by atoms with van der Waals surface area (Å²) >= 11 is 0. The molecule has 0 radical (unpaired) electrons. The number of benzene rings is 2. The first-order chi connectivity index (χ1) is 15.6. The molecule has 2 aromatic carbocycles. The zero-order valence-electron chi connectivity index (χ0n) is 18.1. The lowest BCUT2D eigenvalue weighted by atomic mass is 9.82. The fourth-order valence-corrected chi connectivity index (χ4v) is 4.98. The zero-order chi connectivity index (χ0) is 21.8. The standard InChI is InChI=1S/C24H24N6O2/c1-15-3-5-20(30-25-8-9-26-30)18(11-15)24(31)28-10-7-17-13-29(21(17)14-28)23-19-12-16(2)4-6-22(19)32-27-23/h3-6,8-9,11-12,17,21H,7,10,13-14H2,1-2H3/t17?,21-/m1/s1. The van der Waals surface area contributed by atoms with E-state index in [-0.39, 0.29) is 11.9 Å². The van der Waals surface area contributed by atoms with Crippen LogP contribution in [0.4, 0.5) is 5.82 Å². The van der Waals surface area contributed by atoms with Gasteiger partial charge in [0.15, 0.2) is 11.4 Å². The Bertz CT molecular complexity index is 1310. The van der Waals surface area contributed by atoms with Crippen LogP contribution in [0.25, 0.3) is 16.7 Å². The van der Waals surface area contributed by atoms with Crippen LogP contribution in [0.5, 0.6) is 0 Å². The fraction of sp³-hybridized carbons (Fsp3) is 0.333. The van der Waals surface area contributed by atoms with Gasteiger partial charge in [0.1, 0.15) is 0 Å². The molecule has 2 aliphatic rings. The number of amides is 1. The fourth-order valence-electron chi connectivity index (χ4n) is 4.98. The SMILES string of the molecule is Cc1ccc(-n2nccn2)c(C(=O)N2CCC3CN(c4noc5ccc(C)cc45)[C@@H]3C2)c1. The molecule has 0 spiro atoms. The van der Waals surface area contributed by atoms with Gasteiger partial charge in [0.25, 0.3) is 5.91 Å². The van der Waals surface area contributed by atoms with Crippen molar-refractivity contribution < 1.29 is 9.32 Å². The highest BCUT2D eigenvalue weighted by Crippen LogP contribution is 2.39. The van der Waals surface area contributed by atoms with Crippen molar-refractivity contribution in [2.24, 2.45) is 5.92 Å². The van der Waals surface area contributed by atoms with E-state index in [4.69, 9.17) is 4.52 Å². The minimum absolute atomic E-state index is 0.0205. The number of aromatic nitrogens is 4. The van der Waals surface area contributed by atoms with Gasteiger partial charge in [-0.2, -0.15) is 15.0 Å². The Labute approximate surface area is 185 Å². The van der Waals surface area contributed by atoms with E-state index in [0.29, 0.717) is 23.7 Å². The van der Waals surface area contributed by atoms with E-state index in [1.807, 2.05) is 42.2 Å². The lowest BCUT2D eigenvalue weighted by Crippen LogP contribution is -2.65. The van der Waals surface area contributed by atoms with E-state index in [2.05, 4.69) is 33.2 Å². The highest BCUT2D eigenvalue weighted by Gasteiger charge is 2.45. The van der Waals surface area contributed by atoms with Crippen LogP contribution in [0.3, 0.4) is 0 Å². The molecule has 162 valence electrons. The maximum atomic E-state index is 13.6. The Morgan fingerprint density at radius 1 is 1.03 bits per heavy atom. The third-order valence-corrected chi connectivity index (χ3v) is 6.74. The summed E-state index contributed by atoms with van der Waals surface area (Å²) in [5, 5.41) is 13.9. The molecule has 0 saturated carbocycles. The molecular weight excluding hydrogens is 404 g/mol. The lowest BCUT2D eigenvalue weighted by molar-refractivity contribution is 0.0590. The van der Waals surface area contributed by atoms with Gasteiger partial charge in [-0.3, -0.25) is 4.79 Å². The van der Waals surface area contributed by atoms with Crippen LogP contribution in [0, 0.1) is 19.8 Å². The van der Waals surface area contributed by atoms with E-state index in [1.165, 1.54) is 10.4 Å². The van der Waals surface area contributed by atoms with Crippen LogP contribution in [0.15, 0.2) is 53.3 Å². The molecule has 2 aromatic heterocycles. The minimum atomic E-state index is 0.0205. The average molecular weight is 428 g/mol. The van der Waals surface area contributed by atoms with E-state index in [1.54, 1.807) is 12.4 Å². The Balaban J connectivity index is 1.28. The van der Waals surface area contributed by atoms with Crippen molar-refractivity contribution in [1.29, 1.82) is 0 Å². The van der Waals surface area contributed by atoms with Gasteiger partial charge in [-0.25, -0.2) is 0 Å². The van der Waals surface area contributed by atoms with Crippen LogP contribution in [-0.4, -0.2) is 56.6 Å². The first-order valence-corrected chi connectivity index (χ1v) is 11.0. The molecule has 1 amide bonds. The van der Waals surface area contributed by atoms with Gasteiger partial charge in [0.05, 0.1) is 35.1 Å². The van der Waals surface area contributed by atoms with Crippen molar-refractivity contribution >= 4 is 22.7 Å². The Hall–Kier alpha value is -3.68. The molecule has 0 bridgehead atoms. The van der Waals surface area contributed by atoms with Crippen LogP contribution in [0.2, 0.25) is 0 Å². The predicted octanol–water partition coefficient (Wildman–Crippen LogP) is 3.38. The van der Waals surface area contributed by atoms with E-state index >= 15 is 0 Å². The maximum Gasteiger partial charge on any atom is 0.256 e. The van der Waals surface area contributed by atoms with Gasteiger partial charge in [-0.15, -0.1) is 0 Å². The second-order valence-electron chi connectivity index (χ2n) is 8.86. The number of fused-ring (bicyclic) bond motifs is 2. The second-order valence-corrected chi connectivity index (χ2v) is 8.86. The summed E-state index contributed by atoms with van der Waals surface area (Å²) in [6.07, 6.45) is 4.23. The molecule has 4 aromatic rings. The van der Waals surface area contributed by atoms with Crippen LogP contribution >= 0.6 is 0 Å². The molecule has 2 aliphatic heterocycles. The van der Waals surface area contributed by atoms with Crippen molar-refractivity contribution in [3.63, 3.8) is 0 Å². The third kappa shape index (κ3) is 2.97. The quantitative estimate of drug-likeness (QED) is 0.498. The van der Waals surface area contributed by atoms with Crippen LogP contribution in [-0.2, 0) is 0 Å². The van der Waals surface area contributed by atoms with E-state index < -0.39 is 0 Å². The van der Waals surface area contributed by atoms with Crippen molar-refractivity contribution in [3.8, 4) is 5.69 Å². The second kappa shape index (κ2) is 7.19. The summed E-state index contributed by atoms with van der Waals surface area (Å²) in [5.41, 5.74) is 4.35. The number of piperidine rings is 1. The zero-order valence-corrected chi connectivity index (χ0v) is 18.1. The van der Waals surface area contributed by atoms with Crippen molar-refractivity contribution in [2.75, 3.05) is 24.5 Å². The predicted molar refractivity (Wildman–Crippen MR) is 120 cm³/mol. The number of anilines is 1. The molecule has 8 heteroatoms. The van der Waals surface area contributed by atoms with E-state index in [9.17, 15) is 4.79 Å². The third-order valence-electron chi connectivity index (χ3n) is 6.74. The van der Waals surface area contributed by atoms with Gasteiger partial charge in [-0.05, 0) is 44.5 Å². The summed E-state index contributed by atoms with van der Waals surface area (Å²) in [6.45, 7) is 6.45. The Morgan fingerprint density at radius 2 is 1.81 bits per heavy atom. The van der Waals surface area contributed by atoms with Crippen LogP contribution < -0.4 is 4.90 Å². The van der Waals surface area contributed by atoms with Gasteiger partial charge in [0, 0.05) is 25.6 Å². The molecule has 32 heavy (non-hydrogen) atoms.